The SMILES string of the molecule is Cc1cc(NC(=O)C(C)CCN(C)C(=O)CCN2CCC(OC(=O)Nc3ccccc3-c3ccccc3)CC2)c(C)cc1CNC[C@H](O)c1ccc(O)c2[nH]c(=O)ccc12.O=C(O)C(F)(F)F.O=C(O)C(F)(F)F. The van der Waals surface area contributed by atoms with E-state index in [1.54, 1.807) is 24.1 Å². The number of aromatic nitrogens is 1. The number of pyridine rings is 1. The maximum absolute atomic E-state index is 13.2. The number of nitrogens with zero attached hydrogens (tertiary/aromatic N) is 2. The number of aromatic hydroxyl groups is 1. The average molecular weight is 1050 g/mol. The molecule has 6 rings (SSSR count). The predicted octanol–water partition coefficient (Wildman–Crippen LogP) is 8.13. The van der Waals surface area contributed by atoms with E-state index in [2.05, 4.69) is 25.8 Å². The molecule has 0 bridgehead atoms. The second-order valence-corrected chi connectivity index (χ2v) is 17.4. The van der Waals surface area contributed by atoms with Gasteiger partial charge in [0.1, 0.15) is 11.9 Å². The van der Waals surface area contributed by atoms with Crippen LogP contribution in [0, 0.1) is 19.8 Å². The highest BCUT2D eigenvalue weighted by molar-refractivity contribution is 5.93. The smallest absolute Gasteiger partial charge is 0.490 e. The molecule has 5 aromatic rings. The van der Waals surface area contributed by atoms with Crippen molar-refractivity contribution in [1.82, 2.24) is 20.1 Å². The molecular formula is C51H58F6N6O11. The standard InChI is InChI=1S/C47H56N6O7.2C2HF3O2/c1-30(46(58)49-40-27-31(2)34(26-32(40)3)28-48-29-42(55)37-14-16-41(54)45-38(37)15-17-43(56)51-45)18-22-52(4)44(57)21-25-53-23-19-35(20-24-53)60-47(59)50-39-13-9-8-12-36(39)33-10-6-5-7-11-33;2*3-2(4,5)1(6)7/h5-17,26-27,30,35,42,48,54-55H,18-25,28-29H2,1-4H3,(H,49,58)(H,50,59)(H,51,56);2*(H,6,7)/t30?,42-;;/m0../s1. The molecule has 0 saturated carbocycles. The number of ether oxygens (including phenoxy) is 1. The number of carbonyl (C=O) groups is 5. The number of carboxylic acid groups (broad SMARTS) is 2. The van der Waals surface area contributed by atoms with Gasteiger partial charge in [0.2, 0.25) is 17.4 Å². The van der Waals surface area contributed by atoms with Crippen LogP contribution in [-0.4, -0.2) is 123 Å². The van der Waals surface area contributed by atoms with Crippen LogP contribution in [0.4, 0.5) is 42.5 Å². The van der Waals surface area contributed by atoms with Gasteiger partial charge >= 0.3 is 30.4 Å². The summed E-state index contributed by atoms with van der Waals surface area (Å²) in [5.74, 6) is -5.99. The summed E-state index contributed by atoms with van der Waals surface area (Å²) in [5.41, 5.74) is 6.81. The van der Waals surface area contributed by atoms with Crippen LogP contribution in [0.25, 0.3) is 22.0 Å². The minimum atomic E-state index is -5.08. The monoisotopic (exact) mass is 1040 g/mol. The van der Waals surface area contributed by atoms with Gasteiger partial charge in [-0.1, -0.05) is 67.6 Å². The maximum atomic E-state index is 13.2. The number of aliphatic hydroxyl groups is 1. The van der Waals surface area contributed by atoms with Crippen molar-refractivity contribution in [1.29, 1.82) is 0 Å². The molecule has 17 nitrogen and oxygen atoms in total. The molecule has 4 aromatic carbocycles. The van der Waals surface area contributed by atoms with E-state index in [1.165, 1.54) is 12.1 Å². The van der Waals surface area contributed by atoms with Crippen molar-refractivity contribution in [2.45, 2.75) is 77.6 Å². The largest absolute Gasteiger partial charge is 0.506 e. The number of carboxylic acids is 2. The number of likely N-dealkylation sites (tertiary alicyclic amines) is 1. The minimum Gasteiger partial charge on any atom is -0.506 e. The van der Waals surface area contributed by atoms with Crippen LogP contribution >= 0.6 is 0 Å². The highest BCUT2D eigenvalue weighted by Crippen LogP contribution is 2.30. The van der Waals surface area contributed by atoms with Gasteiger partial charge in [0.15, 0.2) is 0 Å². The van der Waals surface area contributed by atoms with Crippen LogP contribution in [0.5, 0.6) is 5.75 Å². The van der Waals surface area contributed by atoms with Gasteiger partial charge in [-0.15, -0.1) is 0 Å². The van der Waals surface area contributed by atoms with Gasteiger partial charge in [-0.25, -0.2) is 14.4 Å². The normalized spacial score (nSPS) is 13.8. The molecule has 2 atom stereocenters. The highest BCUT2D eigenvalue weighted by Gasteiger charge is 2.39. The first-order valence-electron chi connectivity index (χ1n) is 23.1. The van der Waals surface area contributed by atoms with Gasteiger partial charge in [0.25, 0.3) is 0 Å². The quantitative estimate of drug-likeness (QED) is 0.0435. The van der Waals surface area contributed by atoms with Gasteiger partial charge in [0.05, 0.1) is 17.3 Å². The van der Waals surface area contributed by atoms with Crippen molar-refractivity contribution < 1.29 is 75.5 Å². The zero-order chi connectivity index (χ0) is 54.9. The number of phenols is 1. The molecule has 1 aliphatic heterocycles. The van der Waals surface area contributed by atoms with E-state index >= 15 is 0 Å². The Hall–Kier alpha value is -7.50. The number of hydrogen-bond donors (Lipinski definition) is 8. The van der Waals surface area contributed by atoms with E-state index in [-0.39, 0.29) is 47.2 Å². The molecule has 0 spiro atoms. The van der Waals surface area contributed by atoms with Crippen LogP contribution in [0.15, 0.2) is 95.8 Å². The molecular weight excluding hydrogens is 987 g/mol. The number of H-pyrrole nitrogens is 1. The second-order valence-electron chi connectivity index (χ2n) is 17.4. The first-order valence-corrected chi connectivity index (χ1v) is 23.1. The lowest BCUT2D eigenvalue weighted by molar-refractivity contribution is -0.193. The molecule has 400 valence electrons. The molecule has 2 heterocycles. The van der Waals surface area contributed by atoms with Crippen LogP contribution in [0.1, 0.15) is 61.0 Å². The van der Waals surface area contributed by atoms with Gasteiger partial charge in [-0.05, 0) is 85.2 Å². The molecule has 1 aliphatic rings. The Kier molecular flexibility index (Phi) is 21.5. The van der Waals surface area contributed by atoms with Crippen molar-refractivity contribution in [3.63, 3.8) is 0 Å². The number of alkyl halides is 6. The van der Waals surface area contributed by atoms with E-state index in [1.807, 2.05) is 87.5 Å². The van der Waals surface area contributed by atoms with Crippen molar-refractivity contribution in [3.8, 4) is 16.9 Å². The number of aryl methyl sites for hydroxylation is 2. The molecule has 74 heavy (non-hydrogen) atoms. The Morgan fingerprint density at radius 1 is 0.824 bits per heavy atom. The Labute approximate surface area is 421 Å². The van der Waals surface area contributed by atoms with Gasteiger partial charge in [0, 0.05) is 81.4 Å². The summed E-state index contributed by atoms with van der Waals surface area (Å²) in [4.78, 5) is 75.1. The molecule has 0 radical (unpaired) electrons. The van der Waals surface area contributed by atoms with E-state index in [0.29, 0.717) is 62.0 Å². The van der Waals surface area contributed by atoms with Crippen molar-refractivity contribution in [2.24, 2.45) is 5.92 Å². The summed E-state index contributed by atoms with van der Waals surface area (Å²) in [5, 5.41) is 45.2. The summed E-state index contributed by atoms with van der Waals surface area (Å²) in [7, 11) is 1.77. The number of rotatable bonds is 16. The van der Waals surface area contributed by atoms with Crippen LogP contribution in [-0.2, 0) is 30.5 Å². The number of fused-ring (bicyclic) bond motifs is 1. The number of aliphatic carboxylic acids is 2. The fourth-order valence-corrected chi connectivity index (χ4v) is 7.55. The fraction of sp³-hybridized carbons (Fsp3) is 0.373. The van der Waals surface area contributed by atoms with Gasteiger partial charge in [-0.3, -0.25) is 19.7 Å². The highest BCUT2D eigenvalue weighted by atomic mass is 19.4. The third kappa shape index (κ3) is 18.2. The van der Waals surface area contributed by atoms with Gasteiger partial charge < -0.3 is 50.6 Å². The molecule has 0 aliphatic carbocycles. The number of nitrogens with one attached hydrogen (secondary N) is 4. The number of hydrogen-bond acceptors (Lipinski definition) is 11. The van der Waals surface area contributed by atoms with Crippen LogP contribution in [0.3, 0.4) is 0 Å². The molecule has 8 N–H and O–H groups in total. The number of piperidine rings is 1. The Morgan fingerprint density at radius 2 is 1.43 bits per heavy atom. The number of benzene rings is 4. The number of para-hydroxylation sites is 1. The summed E-state index contributed by atoms with van der Waals surface area (Å²) in [6.45, 7) is 9.04. The molecule has 1 aromatic heterocycles. The summed E-state index contributed by atoms with van der Waals surface area (Å²) >= 11 is 0. The van der Waals surface area contributed by atoms with E-state index in [9.17, 15) is 55.7 Å². The lowest BCUT2D eigenvalue weighted by Gasteiger charge is -2.31. The molecule has 1 fully saturated rings. The lowest BCUT2D eigenvalue weighted by atomic mass is 10.0. The third-order valence-corrected chi connectivity index (χ3v) is 11.8. The summed E-state index contributed by atoms with van der Waals surface area (Å²) in [6.07, 6.45) is -9.44. The van der Waals surface area contributed by atoms with Crippen molar-refractivity contribution in [3.05, 3.63) is 124 Å². The Balaban J connectivity index is 0.000000743. The van der Waals surface area contributed by atoms with Crippen molar-refractivity contribution >= 4 is 52.1 Å². The van der Waals surface area contributed by atoms with Crippen molar-refractivity contribution in [2.75, 3.05) is 50.4 Å². The number of aromatic amines is 1. The number of halogens is 6. The number of carbonyl (C=O) groups excluding carboxylic acids is 3. The average Bonchev–Trinajstić information content (AvgIpc) is 3.34. The summed E-state index contributed by atoms with van der Waals surface area (Å²) < 4.78 is 69.2. The number of anilines is 2. The predicted molar refractivity (Wildman–Crippen MR) is 262 cm³/mol. The zero-order valence-corrected chi connectivity index (χ0v) is 40.8. The molecule has 23 heteroatoms. The molecule has 1 saturated heterocycles. The third-order valence-electron chi connectivity index (χ3n) is 11.8. The first-order chi connectivity index (χ1) is 34.7. The number of aliphatic hydroxyl groups excluding tert-OH is 1. The molecule has 3 amide bonds. The molecule has 1 unspecified atom stereocenters. The van der Waals surface area contributed by atoms with E-state index in [0.717, 1.165) is 46.6 Å². The minimum absolute atomic E-state index is 0.0217. The maximum Gasteiger partial charge on any atom is 0.490 e. The number of amides is 3. The van der Waals surface area contributed by atoms with Crippen LogP contribution < -0.4 is 21.5 Å². The zero-order valence-electron chi connectivity index (χ0n) is 40.8. The van der Waals surface area contributed by atoms with Gasteiger partial charge in [-0.2, -0.15) is 26.3 Å². The van der Waals surface area contributed by atoms with E-state index < -0.39 is 36.5 Å². The topological polar surface area (TPSA) is 251 Å². The lowest BCUT2D eigenvalue weighted by Crippen LogP contribution is -2.40. The van der Waals surface area contributed by atoms with E-state index in [4.69, 9.17) is 24.5 Å². The summed E-state index contributed by atoms with van der Waals surface area (Å²) in [6, 6.07) is 27.6. The Morgan fingerprint density at radius 3 is 2.05 bits per heavy atom. The van der Waals surface area contributed by atoms with Crippen LogP contribution in [0.2, 0.25) is 0 Å². The second kappa shape index (κ2) is 27.0. The fourth-order valence-electron chi connectivity index (χ4n) is 7.55. The first kappa shape index (κ1) is 59.1. The Bertz CT molecular complexity index is 2760. The number of phenolic OH excluding ortho intramolecular Hbond substituents is 1.